The van der Waals surface area contributed by atoms with Crippen LogP contribution in [0.5, 0.6) is 0 Å². The van der Waals surface area contributed by atoms with Crippen LogP contribution >= 0.6 is 0 Å². The van der Waals surface area contributed by atoms with E-state index in [0.717, 1.165) is 52.4 Å². The topological polar surface area (TPSA) is 63.5 Å². The van der Waals surface area contributed by atoms with Gasteiger partial charge in [0.25, 0.3) is 5.91 Å². The average Bonchev–Trinajstić information content (AvgIpc) is 3.06. The highest BCUT2D eigenvalue weighted by molar-refractivity contribution is 5.90. The first-order valence-corrected chi connectivity index (χ1v) is 8.95. The van der Waals surface area contributed by atoms with Gasteiger partial charge in [0.1, 0.15) is 6.33 Å². The molecule has 24 heavy (non-hydrogen) atoms. The van der Waals surface area contributed by atoms with Crippen molar-refractivity contribution in [3.63, 3.8) is 0 Å². The number of amides is 1. The number of carbonyl (C=O) groups excluding carboxylic acids is 1. The molecule has 134 valence electrons. The summed E-state index contributed by atoms with van der Waals surface area (Å²) in [6, 6.07) is 0. The van der Waals surface area contributed by atoms with Gasteiger partial charge in [-0.2, -0.15) is 0 Å². The third kappa shape index (κ3) is 4.13. The normalized spacial score (nSPS) is 23.5. The van der Waals surface area contributed by atoms with E-state index in [1.165, 1.54) is 6.42 Å². The van der Waals surface area contributed by atoms with Crippen molar-refractivity contribution in [3.8, 4) is 0 Å². The minimum atomic E-state index is -0.160. The number of nitrogens with zero attached hydrogens (tertiary/aromatic N) is 5. The second-order valence-electron chi connectivity index (χ2n) is 7.86. The number of rotatable bonds is 3. The number of hydrogen-bond acceptors (Lipinski definition) is 5. The zero-order valence-electron chi connectivity index (χ0n) is 15.1. The molecule has 0 radical (unpaired) electrons. The highest BCUT2D eigenvalue weighted by Crippen LogP contribution is 2.20. The van der Waals surface area contributed by atoms with E-state index < -0.39 is 0 Å². The maximum absolute atomic E-state index is 12.7. The highest BCUT2D eigenvalue weighted by Gasteiger charge is 2.29. The molecule has 1 atom stereocenters. The molecular formula is C17H29N5O2. The van der Waals surface area contributed by atoms with Gasteiger partial charge in [0.2, 0.25) is 5.82 Å². The van der Waals surface area contributed by atoms with E-state index in [1.807, 2.05) is 4.90 Å². The van der Waals surface area contributed by atoms with Crippen LogP contribution in [-0.4, -0.2) is 76.4 Å². The quantitative estimate of drug-likeness (QED) is 0.831. The minimum absolute atomic E-state index is 0.0373. The van der Waals surface area contributed by atoms with Crippen molar-refractivity contribution in [2.45, 2.75) is 39.2 Å². The van der Waals surface area contributed by atoms with E-state index in [4.69, 9.17) is 4.74 Å². The molecule has 1 aromatic rings. The van der Waals surface area contributed by atoms with Crippen molar-refractivity contribution >= 4 is 5.91 Å². The van der Waals surface area contributed by atoms with Crippen molar-refractivity contribution in [2.24, 2.45) is 5.92 Å². The lowest BCUT2D eigenvalue weighted by molar-refractivity contribution is 0.0222. The number of carbonyl (C=O) groups is 1. The molecule has 0 N–H and O–H groups in total. The number of piperidine rings is 1. The summed E-state index contributed by atoms with van der Waals surface area (Å²) in [7, 11) is 0. The van der Waals surface area contributed by atoms with Crippen LogP contribution in [0.2, 0.25) is 0 Å². The van der Waals surface area contributed by atoms with Gasteiger partial charge >= 0.3 is 0 Å². The molecule has 0 unspecified atom stereocenters. The fourth-order valence-electron chi connectivity index (χ4n) is 3.37. The molecule has 2 aliphatic heterocycles. The average molecular weight is 335 g/mol. The van der Waals surface area contributed by atoms with Gasteiger partial charge in [-0.15, -0.1) is 5.10 Å². The minimum Gasteiger partial charge on any atom is -0.379 e. The number of likely N-dealkylation sites (tertiary alicyclic amines) is 1. The van der Waals surface area contributed by atoms with Gasteiger partial charge in [-0.05, 0) is 39.5 Å². The Hall–Kier alpha value is -1.47. The van der Waals surface area contributed by atoms with Crippen LogP contribution in [0, 0.1) is 5.92 Å². The van der Waals surface area contributed by atoms with Crippen molar-refractivity contribution in [2.75, 3.05) is 45.9 Å². The molecule has 0 saturated carbocycles. The Labute approximate surface area is 144 Å². The van der Waals surface area contributed by atoms with Gasteiger partial charge in [0.15, 0.2) is 0 Å². The van der Waals surface area contributed by atoms with E-state index in [2.05, 4.69) is 35.8 Å². The van der Waals surface area contributed by atoms with Crippen LogP contribution in [0.3, 0.4) is 0 Å². The maximum atomic E-state index is 12.7. The Morgan fingerprint density at radius 2 is 2.04 bits per heavy atom. The number of aromatic nitrogens is 3. The molecule has 2 fully saturated rings. The molecule has 3 heterocycles. The molecule has 2 aliphatic rings. The first-order chi connectivity index (χ1) is 11.4. The zero-order chi connectivity index (χ0) is 17.2. The molecule has 7 nitrogen and oxygen atoms in total. The van der Waals surface area contributed by atoms with Crippen molar-refractivity contribution in [3.05, 3.63) is 12.2 Å². The monoisotopic (exact) mass is 335 g/mol. The predicted octanol–water partition coefficient (Wildman–Crippen LogP) is 1.22. The van der Waals surface area contributed by atoms with Crippen molar-refractivity contribution < 1.29 is 9.53 Å². The van der Waals surface area contributed by atoms with Gasteiger partial charge in [0, 0.05) is 32.7 Å². The van der Waals surface area contributed by atoms with Gasteiger partial charge in [-0.25, -0.2) is 9.67 Å². The van der Waals surface area contributed by atoms with E-state index in [0.29, 0.717) is 11.7 Å². The smallest absolute Gasteiger partial charge is 0.293 e. The summed E-state index contributed by atoms with van der Waals surface area (Å²) in [5, 5.41) is 4.38. The first kappa shape index (κ1) is 17.4. The van der Waals surface area contributed by atoms with Gasteiger partial charge < -0.3 is 9.64 Å². The fourth-order valence-corrected chi connectivity index (χ4v) is 3.37. The predicted molar refractivity (Wildman–Crippen MR) is 90.9 cm³/mol. The maximum Gasteiger partial charge on any atom is 0.293 e. The van der Waals surface area contributed by atoms with E-state index in [-0.39, 0.29) is 11.4 Å². The number of hydrogen-bond donors (Lipinski definition) is 0. The summed E-state index contributed by atoms with van der Waals surface area (Å²) < 4.78 is 7.17. The summed E-state index contributed by atoms with van der Waals surface area (Å²) in [6.45, 7) is 12.5. The van der Waals surface area contributed by atoms with Crippen molar-refractivity contribution in [1.82, 2.24) is 24.6 Å². The second-order valence-corrected chi connectivity index (χ2v) is 7.86. The largest absolute Gasteiger partial charge is 0.379 e. The molecule has 3 rings (SSSR count). The van der Waals surface area contributed by atoms with Crippen LogP contribution in [0.1, 0.15) is 44.2 Å². The number of morpholine rings is 1. The number of ether oxygens (including phenoxy) is 1. The lowest BCUT2D eigenvalue weighted by Gasteiger charge is -2.36. The molecule has 0 aliphatic carbocycles. The highest BCUT2D eigenvalue weighted by atomic mass is 16.5. The van der Waals surface area contributed by atoms with Crippen LogP contribution in [0.25, 0.3) is 0 Å². The van der Waals surface area contributed by atoms with Gasteiger partial charge in [0.05, 0.1) is 18.8 Å². The Balaban J connectivity index is 1.59. The van der Waals surface area contributed by atoms with E-state index >= 15 is 0 Å². The fraction of sp³-hybridized carbons (Fsp3) is 0.824. The van der Waals surface area contributed by atoms with Crippen LogP contribution in [-0.2, 0) is 10.3 Å². The lowest BCUT2D eigenvalue weighted by Crippen LogP contribution is -2.46. The Morgan fingerprint density at radius 3 is 2.71 bits per heavy atom. The molecule has 0 spiro atoms. The summed E-state index contributed by atoms with van der Waals surface area (Å²) in [6.07, 6.45) is 3.90. The molecule has 1 aromatic heterocycles. The van der Waals surface area contributed by atoms with E-state index in [9.17, 15) is 4.79 Å². The Morgan fingerprint density at radius 1 is 1.29 bits per heavy atom. The Bertz CT molecular complexity index is 560. The third-order valence-electron chi connectivity index (χ3n) is 4.80. The van der Waals surface area contributed by atoms with E-state index in [1.54, 1.807) is 11.0 Å². The summed E-state index contributed by atoms with van der Waals surface area (Å²) in [4.78, 5) is 21.3. The van der Waals surface area contributed by atoms with Crippen molar-refractivity contribution in [1.29, 1.82) is 0 Å². The molecule has 0 bridgehead atoms. The summed E-state index contributed by atoms with van der Waals surface area (Å²) in [5.74, 6) is 0.812. The third-order valence-corrected chi connectivity index (χ3v) is 4.80. The van der Waals surface area contributed by atoms with Crippen LogP contribution < -0.4 is 0 Å². The van der Waals surface area contributed by atoms with Gasteiger partial charge in [-0.1, -0.05) is 0 Å². The lowest BCUT2D eigenvalue weighted by atomic mass is 9.97. The standard InChI is InChI=1S/C17H29N5O2/c1-17(2,3)22-13-18-15(19-22)16(23)21-6-4-5-14(12-21)11-20-7-9-24-10-8-20/h13-14H,4-12H2,1-3H3/t14-/m1/s1. The summed E-state index contributed by atoms with van der Waals surface area (Å²) in [5.41, 5.74) is -0.160. The Kier molecular flexibility index (Phi) is 5.20. The molecule has 7 heteroatoms. The molecule has 2 saturated heterocycles. The SMILES string of the molecule is CC(C)(C)n1cnc(C(=O)N2CCC[C@H](CN3CCOCC3)C2)n1. The molecule has 1 amide bonds. The van der Waals surface area contributed by atoms with Gasteiger partial charge in [-0.3, -0.25) is 9.69 Å². The van der Waals surface area contributed by atoms with Crippen LogP contribution in [0.15, 0.2) is 6.33 Å². The second kappa shape index (κ2) is 7.19. The molecule has 0 aromatic carbocycles. The zero-order valence-corrected chi connectivity index (χ0v) is 15.1. The van der Waals surface area contributed by atoms with Crippen LogP contribution in [0.4, 0.5) is 0 Å². The first-order valence-electron chi connectivity index (χ1n) is 8.95. The molecular weight excluding hydrogens is 306 g/mol. The summed E-state index contributed by atoms with van der Waals surface area (Å²) >= 11 is 0.